The van der Waals surface area contributed by atoms with Crippen LogP contribution in [0.15, 0.2) is 42.6 Å². The molecule has 0 aliphatic carbocycles. The van der Waals surface area contributed by atoms with Crippen molar-refractivity contribution in [1.29, 1.82) is 0 Å². The molecule has 2 heteroatoms. The summed E-state index contributed by atoms with van der Waals surface area (Å²) in [5.41, 5.74) is 0. The fraction of sp³-hybridized carbons (Fsp3) is 0.300. The van der Waals surface area contributed by atoms with Crippen LogP contribution < -0.4 is 0 Å². The maximum atomic E-state index is 4.32. The van der Waals surface area contributed by atoms with Crippen LogP contribution >= 0.6 is 0 Å². The lowest BCUT2D eigenvalue weighted by Gasteiger charge is -2.23. The van der Waals surface area contributed by atoms with Gasteiger partial charge in [0.05, 0.1) is 0 Å². The fourth-order valence-corrected chi connectivity index (χ4v) is 1.14. The van der Waals surface area contributed by atoms with E-state index in [1.165, 1.54) is 0 Å². The Morgan fingerprint density at radius 2 is 2.25 bits per heavy atom. The van der Waals surface area contributed by atoms with Gasteiger partial charge in [-0.15, -0.1) is 0 Å². The molecule has 0 aromatic rings. The number of amidine groups is 1. The Morgan fingerprint density at radius 1 is 1.42 bits per heavy atom. The van der Waals surface area contributed by atoms with Gasteiger partial charge in [-0.3, -0.25) is 4.99 Å². The molecule has 0 saturated heterocycles. The number of aliphatic imine (C=N–C) groups is 1. The zero-order valence-electron chi connectivity index (χ0n) is 7.24. The summed E-state index contributed by atoms with van der Waals surface area (Å²) < 4.78 is 0. The van der Waals surface area contributed by atoms with Crippen LogP contribution in [0.3, 0.4) is 0 Å². The number of rotatable bonds is 3. The van der Waals surface area contributed by atoms with Crippen molar-refractivity contribution in [2.24, 2.45) is 4.99 Å². The minimum Gasteiger partial charge on any atom is -0.333 e. The number of nitrogens with zero attached hydrogens (tertiary/aromatic N) is 2. The molecular weight excluding hydrogens is 148 g/mol. The van der Waals surface area contributed by atoms with Gasteiger partial charge in [0.2, 0.25) is 0 Å². The smallest absolute Gasteiger partial charge is 0.126 e. The van der Waals surface area contributed by atoms with Crippen molar-refractivity contribution < 1.29 is 0 Å². The Bertz CT molecular complexity index is 226. The molecule has 1 aliphatic heterocycles. The second-order valence-corrected chi connectivity index (χ2v) is 2.57. The van der Waals surface area contributed by atoms with Gasteiger partial charge < -0.3 is 4.90 Å². The van der Waals surface area contributed by atoms with Crippen molar-refractivity contribution in [2.45, 2.75) is 6.42 Å². The van der Waals surface area contributed by atoms with E-state index in [9.17, 15) is 0 Å². The Labute approximate surface area is 73.6 Å². The summed E-state index contributed by atoms with van der Waals surface area (Å²) in [7, 11) is 0. The molecule has 0 aromatic heterocycles. The topological polar surface area (TPSA) is 15.6 Å². The molecule has 0 spiro atoms. The van der Waals surface area contributed by atoms with Crippen molar-refractivity contribution >= 4 is 5.84 Å². The van der Waals surface area contributed by atoms with E-state index in [4.69, 9.17) is 0 Å². The molecule has 0 unspecified atom stereocenters. The number of hydrogen-bond donors (Lipinski definition) is 0. The van der Waals surface area contributed by atoms with E-state index in [-0.39, 0.29) is 0 Å². The zero-order chi connectivity index (χ0) is 8.81. The summed E-state index contributed by atoms with van der Waals surface area (Å²) in [5, 5.41) is 0. The summed E-state index contributed by atoms with van der Waals surface area (Å²) in [4.78, 5) is 6.40. The SMILES string of the molecule is C=C/C=C\N1CCCN=C1C=C. The molecule has 1 aliphatic rings. The number of allylic oxidation sites excluding steroid dienone is 2. The van der Waals surface area contributed by atoms with Crippen LogP contribution in [-0.4, -0.2) is 23.8 Å². The first-order chi connectivity index (χ1) is 5.88. The predicted molar refractivity (Wildman–Crippen MR) is 53.2 cm³/mol. The standard InChI is InChI=1S/C10H14N2/c1-3-5-8-12-9-6-7-11-10(12)4-2/h3-5,8H,1-2,6-7,9H2/b8-5-. The quantitative estimate of drug-likeness (QED) is 0.579. The third kappa shape index (κ3) is 2.09. The van der Waals surface area contributed by atoms with Crippen molar-refractivity contribution in [3.63, 3.8) is 0 Å². The monoisotopic (exact) mass is 162 g/mol. The fourth-order valence-electron chi connectivity index (χ4n) is 1.14. The van der Waals surface area contributed by atoms with Gasteiger partial charge in [0.1, 0.15) is 5.84 Å². The first-order valence-electron chi connectivity index (χ1n) is 4.11. The molecular formula is C10H14N2. The van der Waals surface area contributed by atoms with Crippen LogP contribution in [0.4, 0.5) is 0 Å². The van der Waals surface area contributed by atoms with Gasteiger partial charge in [0, 0.05) is 19.3 Å². The second kappa shape index (κ2) is 4.54. The third-order valence-corrected chi connectivity index (χ3v) is 1.71. The third-order valence-electron chi connectivity index (χ3n) is 1.71. The largest absolute Gasteiger partial charge is 0.333 e. The first kappa shape index (κ1) is 8.78. The minimum absolute atomic E-state index is 0.916. The molecule has 0 amide bonds. The van der Waals surface area contributed by atoms with E-state index >= 15 is 0 Å². The molecule has 0 fully saturated rings. The molecule has 0 atom stereocenters. The van der Waals surface area contributed by atoms with Gasteiger partial charge >= 0.3 is 0 Å². The van der Waals surface area contributed by atoms with E-state index in [0.717, 1.165) is 25.3 Å². The zero-order valence-corrected chi connectivity index (χ0v) is 7.24. The second-order valence-electron chi connectivity index (χ2n) is 2.57. The average molecular weight is 162 g/mol. The van der Waals surface area contributed by atoms with E-state index in [0.29, 0.717) is 0 Å². The van der Waals surface area contributed by atoms with Gasteiger partial charge in [0.15, 0.2) is 0 Å². The van der Waals surface area contributed by atoms with Gasteiger partial charge in [0.25, 0.3) is 0 Å². The summed E-state index contributed by atoms with van der Waals surface area (Å²) >= 11 is 0. The summed E-state index contributed by atoms with van der Waals surface area (Å²) in [6.45, 7) is 9.27. The highest BCUT2D eigenvalue weighted by Gasteiger charge is 2.07. The van der Waals surface area contributed by atoms with E-state index in [1.807, 2.05) is 12.3 Å². The van der Waals surface area contributed by atoms with E-state index in [2.05, 4.69) is 23.1 Å². The highest BCUT2D eigenvalue weighted by atomic mass is 15.2. The van der Waals surface area contributed by atoms with Crippen LogP contribution in [0.25, 0.3) is 0 Å². The van der Waals surface area contributed by atoms with Crippen LogP contribution in [0.5, 0.6) is 0 Å². The van der Waals surface area contributed by atoms with Crippen molar-refractivity contribution in [3.05, 3.63) is 37.6 Å². The predicted octanol–water partition coefficient (Wildman–Crippen LogP) is 1.98. The molecule has 0 N–H and O–H groups in total. The van der Waals surface area contributed by atoms with Crippen LogP contribution in [0, 0.1) is 0 Å². The van der Waals surface area contributed by atoms with Gasteiger partial charge in [-0.25, -0.2) is 0 Å². The molecule has 2 nitrogen and oxygen atoms in total. The van der Waals surface area contributed by atoms with E-state index < -0.39 is 0 Å². The van der Waals surface area contributed by atoms with Crippen LogP contribution in [0.2, 0.25) is 0 Å². The lowest BCUT2D eigenvalue weighted by atomic mass is 10.3. The molecule has 1 heterocycles. The normalized spacial score (nSPS) is 17.7. The highest BCUT2D eigenvalue weighted by molar-refractivity contribution is 5.93. The molecule has 0 saturated carbocycles. The lowest BCUT2D eigenvalue weighted by Crippen LogP contribution is -2.29. The summed E-state index contributed by atoms with van der Waals surface area (Å²) in [6.07, 6.45) is 8.54. The van der Waals surface area contributed by atoms with Crippen molar-refractivity contribution in [3.8, 4) is 0 Å². The summed E-state index contributed by atoms with van der Waals surface area (Å²) in [5.74, 6) is 0.958. The van der Waals surface area contributed by atoms with E-state index in [1.54, 1.807) is 12.2 Å². The van der Waals surface area contributed by atoms with Crippen molar-refractivity contribution in [1.82, 2.24) is 4.90 Å². The molecule has 1 rings (SSSR count). The van der Waals surface area contributed by atoms with Gasteiger partial charge in [-0.2, -0.15) is 0 Å². The van der Waals surface area contributed by atoms with Gasteiger partial charge in [-0.1, -0.05) is 19.2 Å². The first-order valence-corrected chi connectivity index (χ1v) is 4.11. The molecule has 0 radical (unpaired) electrons. The van der Waals surface area contributed by atoms with Crippen LogP contribution in [0.1, 0.15) is 6.42 Å². The number of hydrogen-bond acceptors (Lipinski definition) is 2. The lowest BCUT2D eigenvalue weighted by molar-refractivity contribution is 0.511. The average Bonchev–Trinajstić information content (AvgIpc) is 2.15. The molecule has 64 valence electrons. The maximum absolute atomic E-state index is 4.32. The Morgan fingerprint density at radius 3 is 2.92 bits per heavy atom. The minimum atomic E-state index is 0.916. The highest BCUT2D eigenvalue weighted by Crippen LogP contribution is 2.04. The molecule has 0 aromatic carbocycles. The van der Waals surface area contributed by atoms with Gasteiger partial charge in [-0.05, 0) is 18.6 Å². The Balaban J connectivity index is 2.67. The Kier molecular flexibility index (Phi) is 3.33. The Hall–Kier alpha value is -1.31. The van der Waals surface area contributed by atoms with Crippen molar-refractivity contribution in [2.75, 3.05) is 13.1 Å². The maximum Gasteiger partial charge on any atom is 0.126 e. The summed E-state index contributed by atoms with van der Waals surface area (Å²) in [6, 6.07) is 0. The van der Waals surface area contributed by atoms with Crippen LogP contribution in [-0.2, 0) is 0 Å². The molecule has 12 heavy (non-hydrogen) atoms. The molecule has 0 bridgehead atoms.